The highest BCUT2D eigenvalue weighted by Gasteiger charge is 2.46. The average Bonchev–Trinajstić information content (AvgIpc) is 3.49. The average molecular weight is 546 g/mol. The second kappa shape index (κ2) is 11.3. The van der Waals surface area contributed by atoms with E-state index in [1.807, 2.05) is 6.92 Å². The van der Waals surface area contributed by atoms with Crippen LogP contribution in [-0.2, 0) is 32.7 Å². The third-order valence-electron chi connectivity index (χ3n) is 8.17. The van der Waals surface area contributed by atoms with Gasteiger partial charge in [-0.2, -0.15) is 13.2 Å². The number of amides is 2. The van der Waals surface area contributed by atoms with Crippen molar-refractivity contribution >= 4 is 11.8 Å². The van der Waals surface area contributed by atoms with Gasteiger partial charge in [0.2, 0.25) is 5.91 Å². The first-order valence-corrected chi connectivity index (χ1v) is 13.5. The molecule has 7 nitrogen and oxygen atoms in total. The Labute approximate surface area is 226 Å². The zero-order valence-corrected chi connectivity index (χ0v) is 21.9. The minimum absolute atomic E-state index is 0.152. The van der Waals surface area contributed by atoms with E-state index >= 15 is 0 Å². The van der Waals surface area contributed by atoms with E-state index in [1.54, 1.807) is 0 Å². The zero-order chi connectivity index (χ0) is 27.6. The number of halogens is 3. The van der Waals surface area contributed by atoms with Crippen LogP contribution < -0.4 is 10.6 Å². The Hall–Kier alpha value is -2.95. The van der Waals surface area contributed by atoms with Crippen LogP contribution >= 0.6 is 0 Å². The molecule has 3 aliphatic rings. The summed E-state index contributed by atoms with van der Waals surface area (Å²) in [5.74, 6) is -1.15. The van der Waals surface area contributed by atoms with Gasteiger partial charge in [-0.05, 0) is 61.9 Å². The van der Waals surface area contributed by atoms with Gasteiger partial charge >= 0.3 is 6.18 Å². The van der Waals surface area contributed by atoms with Crippen LogP contribution in [-0.4, -0.2) is 61.1 Å². The minimum atomic E-state index is -4.55. The van der Waals surface area contributed by atoms with Crippen molar-refractivity contribution in [2.75, 3.05) is 26.2 Å². The zero-order valence-electron chi connectivity index (χ0n) is 21.9. The van der Waals surface area contributed by atoms with E-state index in [1.165, 1.54) is 23.3 Å². The molecule has 1 saturated carbocycles. The van der Waals surface area contributed by atoms with Gasteiger partial charge in [0.05, 0.1) is 36.5 Å². The van der Waals surface area contributed by atoms with Crippen LogP contribution in [0.5, 0.6) is 0 Å². The summed E-state index contributed by atoms with van der Waals surface area (Å²) < 4.78 is 51.1. The normalized spacial score (nSPS) is 26.9. The van der Waals surface area contributed by atoms with Gasteiger partial charge < -0.3 is 20.1 Å². The van der Waals surface area contributed by atoms with Crippen LogP contribution in [0.15, 0.2) is 48.5 Å². The van der Waals surface area contributed by atoms with Crippen LogP contribution in [0.4, 0.5) is 13.2 Å². The van der Waals surface area contributed by atoms with E-state index in [0.29, 0.717) is 32.3 Å². The molecule has 2 aliphatic heterocycles. The molecule has 2 aromatic carbocycles. The Bertz CT molecular complexity index is 1200. The third-order valence-corrected chi connectivity index (χ3v) is 8.17. The summed E-state index contributed by atoms with van der Waals surface area (Å²) in [6.07, 6.45) is -0.866. The van der Waals surface area contributed by atoms with Crippen molar-refractivity contribution in [2.45, 2.75) is 69.2 Å². The highest BCUT2D eigenvalue weighted by Crippen LogP contribution is 2.47. The number of hydrogen-bond donors (Lipinski definition) is 2. The van der Waals surface area contributed by atoms with Crippen molar-refractivity contribution < 1.29 is 32.2 Å². The van der Waals surface area contributed by atoms with Crippen LogP contribution in [0.3, 0.4) is 0 Å². The van der Waals surface area contributed by atoms with Crippen molar-refractivity contribution in [3.63, 3.8) is 0 Å². The molecule has 1 aliphatic carbocycles. The molecule has 10 heteroatoms. The molecule has 2 heterocycles. The number of carbonyl (C=O) groups excluding carboxylic acids is 2. The molecule has 1 spiro atoms. The second-order valence-electron chi connectivity index (χ2n) is 10.6. The maximum absolute atomic E-state index is 13.0. The fourth-order valence-electron chi connectivity index (χ4n) is 6.21. The quantitative estimate of drug-likeness (QED) is 0.550. The van der Waals surface area contributed by atoms with Crippen molar-refractivity contribution in [2.24, 2.45) is 0 Å². The predicted molar refractivity (Wildman–Crippen MR) is 138 cm³/mol. The molecule has 0 unspecified atom stereocenters. The van der Waals surface area contributed by atoms with Gasteiger partial charge in [0.1, 0.15) is 0 Å². The fraction of sp³-hybridized carbons (Fsp3) is 0.517. The lowest BCUT2D eigenvalue weighted by atomic mass is 9.77. The Morgan fingerprint density at radius 2 is 1.87 bits per heavy atom. The molecule has 2 atom stereocenters. The van der Waals surface area contributed by atoms with Gasteiger partial charge in [-0.1, -0.05) is 30.3 Å². The van der Waals surface area contributed by atoms with Crippen molar-refractivity contribution in [1.82, 2.24) is 15.5 Å². The Kier molecular flexibility index (Phi) is 7.98. The summed E-state index contributed by atoms with van der Waals surface area (Å²) >= 11 is 0. The van der Waals surface area contributed by atoms with Crippen molar-refractivity contribution in [3.05, 3.63) is 70.8 Å². The molecule has 39 heavy (non-hydrogen) atoms. The summed E-state index contributed by atoms with van der Waals surface area (Å²) in [4.78, 5) is 27.4. The number of nitrogens with zero attached hydrogens (tertiary/aromatic N) is 1. The number of benzene rings is 2. The predicted octanol–water partition coefficient (Wildman–Crippen LogP) is 4.01. The van der Waals surface area contributed by atoms with E-state index in [-0.39, 0.29) is 29.9 Å². The SMILES string of the molecule is CCO[C@@H]1CN(C2CCC3(CC2)OCc2ccccc23)C[C@@H]1NC(=O)CNC(=O)c1cccc(C(F)(F)F)c1. The molecule has 2 fully saturated rings. The van der Waals surface area contributed by atoms with Gasteiger partial charge in [0, 0.05) is 31.3 Å². The molecule has 5 rings (SSSR count). The molecule has 210 valence electrons. The lowest BCUT2D eigenvalue weighted by Crippen LogP contribution is -2.48. The summed E-state index contributed by atoms with van der Waals surface area (Å²) in [6, 6.07) is 12.7. The first kappa shape index (κ1) is 27.6. The number of likely N-dealkylation sites (tertiary alicyclic amines) is 1. The monoisotopic (exact) mass is 545 g/mol. The second-order valence-corrected chi connectivity index (χ2v) is 10.6. The van der Waals surface area contributed by atoms with Gasteiger partial charge in [-0.15, -0.1) is 0 Å². The number of ether oxygens (including phenoxy) is 2. The number of rotatable bonds is 7. The first-order chi connectivity index (χ1) is 18.7. The lowest BCUT2D eigenvalue weighted by molar-refractivity contribution is -0.137. The maximum Gasteiger partial charge on any atom is 0.416 e. The molecular weight excluding hydrogens is 511 g/mol. The largest absolute Gasteiger partial charge is 0.416 e. The van der Waals surface area contributed by atoms with E-state index < -0.39 is 23.6 Å². The molecule has 1 saturated heterocycles. The summed E-state index contributed by atoms with van der Waals surface area (Å²) in [5, 5.41) is 5.38. The fourth-order valence-corrected chi connectivity index (χ4v) is 6.21. The first-order valence-electron chi connectivity index (χ1n) is 13.5. The highest BCUT2D eigenvalue weighted by atomic mass is 19.4. The van der Waals surface area contributed by atoms with Crippen molar-refractivity contribution in [3.8, 4) is 0 Å². The Morgan fingerprint density at radius 1 is 1.10 bits per heavy atom. The number of fused-ring (bicyclic) bond motifs is 2. The summed E-state index contributed by atoms with van der Waals surface area (Å²) in [7, 11) is 0. The standard InChI is InChI=1S/C29H34F3N3O4/c1-2-38-25-17-35(22-10-12-28(13-11-22)23-9-4-3-6-20(23)18-39-28)16-24(25)34-26(36)15-33-27(37)19-7-5-8-21(14-19)29(30,31)32/h3-9,14,22,24-25H,2,10-13,15-18H2,1H3,(H,33,37)(H,34,36)/t22?,24-,25+,28?/m0/s1. The molecule has 2 aromatic rings. The van der Waals surface area contributed by atoms with E-state index in [0.717, 1.165) is 37.8 Å². The maximum atomic E-state index is 13.0. The number of hydrogen-bond acceptors (Lipinski definition) is 5. The van der Waals surface area contributed by atoms with E-state index in [4.69, 9.17) is 9.47 Å². The van der Waals surface area contributed by atoms with Crippen LogP contribution in [0, 0.1) is 0 Å². The topological polar surface area (TPSA) is 79.9 Å². The van der Waals surface area contributed by atoms with Crippen LogP contribution in [0.1, 0.15) is 59.7 Å². The Morgan fingerprint density at radius 3 is 2.62 bits per heavy atom. The van der Waals surface area contributed by atoms with Crippen molar-refractivity contribution in [1.29, 1.82) is 0 Å². The van der Waals surface area contributed by atoms with E-state index in [9.17, 15) is 22.8 Å². The smallest absolute Gasteiger partial charge is 0.375 e. The molecule has 2 amide bonds. The summed E-state index contributed by atoms with van der Waals surface area (Å²) in [5.41, 5.74) is 1.33. The number of carbonyl (C=O) groups is 2. The van der Waals surface area contributed by atoms with Gasteiger partial charge in [-0.3, -0.25) is 14.5 Å². The lowest BCUT2D eigenvalue weighted by Gasteiger charge is -2.40. The van der Waals surface area contributed by atoms with E-state index in [2.05, 4.69) is 39.8 Å². The third kappa shape index (κ3) is 5.97. The van der Waals surface area contributed by atoms with Gasteiger partial charge in [0.25, 0.3) is 5.91 Å². The molecule has 0 radical (unpaired) electrons. The Balaban J connectivity index is 1.14. The molecule has 2 N–H and O–H groups in total. The summed E-state index contributed by atoms with van der Waals surface area (Å²) in [6.45, 7) is 4.08. The van der Waals surface area contributed by atoms with Crippen LogP contribution in [0.2, 0.25) is 0 Å². The van der Waals surface area contributed by atoms with Gasteiger partial charge in [0.15, 0.2) is 0 Å². The van der Waals surface area contributed by atoms with Crippen LogP contribution in [0.25, 0.3) is 0 Å². The molecular formula is C29H34F3N3O4. The number of alkyl halides is 3. The molecule has 0 bridgehead atoms. The van der Waals surface area contributed by atoms with Gasteiger partial charge in [-0.25, -0.2) is 0 Å². The molecule has 0 aromatic heterocycles. The minimum Gasteiger partial charge on any atom is -0.375 e. The highest BCUT2D eigenvalue weighted by molar-refractivity contribution is 5.96. The number of nitrogens with one attached hydrogen (secondary N) is 2.